The zero-order valence-electron chi connectivity index (χ0n) is 9.31. The lowest BCUT2D eigenvalue weighted by Crippen LogP contribution is -2.02. The van der Waals surface area contributed by atoms with E-state index >= 15 is 0 Å². The maximum atomic E-state index is 10.9. The van der Waals surface area contributed by atoms with Crippen molar-refractivity contribution < 1.29 is 9.85 Å². The molecule has 2 aromatic rings. The molecule has 1 heterocycles. The van der Waals surface area contributed by atoms with Gasteiger partial charge < -0.3 is 0 Å². The largest absolute Gasteiger partial charge is 0.301 e. The molecule has 0 amide bonds. The lowest BCUT2D eigenvalue weighted by molar-refractivity contribution is -0.394. The number of nitro groups is 2. The van der Waals surface area contributed by atoms with E-state index in [9.17, 15) is 20.2 Å². The van der Waals surface area contributed by atoms with Crippen molar-refractivity contribution in [1.29, 1.82) is 0 Å². The van der Waals surface area contributed by atoms with Gasteiger partial charge in [0.05, 0.1) is 21.6 Å². The quantitative estimate of drug-likeness (QED) is 0.610. The molecule has 8 nitrogen and oxygen atoms in total. The molecule has 0 radical (unpaired) electrons. The molecular formula is C10H8N4O4. The highest BCUT2D eigenvalue weighted by Crippen LogP contribution is 2.27. The maximum absolute atomic E-state index is 10.9. The summed E-state index contributed by atoms with van der Waals surface area (Å²) >= 11 is 0. The fourth-order valence-corrected chi connectivity index (χ4v) is 1.51. The van der Waals surface area contributed by atoms with Crippen LogP contribution in [0, 0.1) is 27.2 Å². The van der Waals surface area contributed by atoms with Crippen LogP contribution in [0.1, 0.15) is 5.69 Å². The Morgan fingerprint density at radius 3 is 2.39 bits per heavy atom. The third-order valence-electron chi connectivity index (χ3n) is 2.34. The Hall–Kier alpha value is -2.77. The molecule has 1 aromatic carbocycles. The Labute approximate surface area is 101 Å². The van der Waals surface area contributed by atoms with Crippen LogP contribution in [0.4, 0.5) is 11.4 Å². The predicted octanol–water partition coefficient (Wildman–Crippen LogP) is 2.00. The standard InChI is InChI=1S/C10H8N4O4/c1-7-4-5-12(11-7)9-3-2-8(13(15)16)6-10(9)14(17)18/h2-6H,1H3. The van der Waals surface area contributed by atoms with Crippen molar-refractivity contribution in [2.45, 2.75) is 6.92 Å². The lowest BCUT2D eigenvalue weighted by Gasteiger charge is -2.02. The summed E-state index contributed by atoms with van der Waals surface area (Å²) in [5.74, 6) is 0. The van der Waals surface area contributed by atoms with Crippen molar-refractivity contribution in [2.75, 3.05) is 0 Å². The third kappa shape index (κ3) is 2.03. The summed E-state index contributed by atoms with van der Waals surface area (Å²) in [7, 11) is 0. The Balaban J connectivity index is 2.60. The minimum Gasteiger partial charge on any atom is -0.258 e. The van der Waals surface area contributed by atoms with Gasteiger partial charge in [-0.25, -0.2) is 4.68 Å². The summed E-state index contributed by atoms with van der Waals surface area (Å²) < 4.78 is 1.32. The molecule has 0 saturated heterocycles. The van der Waals surface area contributed by atoms with Crippen molar-refractivity contribution in [3.63, 3.8) is 0 Å². The van der Waals surface area contributed by atoms with Crippen LogP contribution in [0.5, 0.6) is 0 Å². The first-order valence-electron chi connectivity index (χ1n) is 4.94. The van der Waals surface area contributed by atoms with Crippen LogP contribution in [0.25, 0.3) is 5.69 Å². The van der Waals surface area contributed by atoms with E-state index in [0.717, 1.165) is 6.07 Å². The molecule has 0 bridgehead atoms. The minimum absolute atomic E-state index is 0.193. The van der Waals surface area contributed by atoms with Gasteiger partial charge in [-0.15, -0.1) is 0 Å². The minimum atomic E-state index is -0.675. The molecule has 0 aliphatic rings. The van der Waals surface area contributed by atoms with Gasteiger partial charge in [0, 0.05) is 12.3 Å². The number of benzene rings is 1. The van der Waals surface area contributed by atoms with Gasteiger partial charge in [-0.1, -0.05) is 0 Å². The van der Waals surface area contributed by atoms with Crippen molar-refractivity contribution in [1.82, 2.24) is 9.78 Å². The molecule has 0 aliphatic heterocycles. The second-order valence-electron chi connectivity index (χ2n) is 3.59. The van der Waals surface area contributed by atoms with Crippen molar-refractivity contribution >= 4 is 11.4 Å². The molecule has 0 aliphatic carbocycles. The molecule has 8 heteroatoms. The number of rotatable bonds is 3. The Morgan fingerprint density at radius 2 is 1.89 bits per heavy atom. The molecule has 0 N–H and O–H groups in total. The van der Waals surface area contributed by atoms with Gasteiger partial charge in [0.2, 0.25) is 0 Å². The molecule has 2 rings (SSSR count). The summed E-state index contributed by atoms with van der Waals surface area (Å²) in [4.78, 5) is 20.2. The smallest absolute Gasteiger partial charge is 0.258 e. The summed E-state index contributed by atoms with van der Waals surface area (Å²) in [5, 5.41) is 25.5. The van der Waals surface area contributed by atoms with E-state index in [1.807, 2.05) is 0 Å². The first kappa shape index (κ1) is 11.7. The molecule has 92 valence electrons. The Morgan fingerprint density at radius 1 is 1.17 bits per heavy atom. The first-order chi connectivity index (χ1) is 8.49. The van der Waals surface area contributed by atoms with Crippen LogP contribution in [0.3, 0.4) is 0 Å². The summed E-state index contributed by atoms with van der Waals surface area (Å²) in [6.07, 6.45) is 1.56. The topological polar surface area (TPSA) is 104 Å². The highest BCUT2D eigenvalue weighted by Gasteiger charge is 2.20. The van der Waals surface area contributed by atoms with E-state index in [0.29, 0.717) is 5.69 Å². The monoisotopic (exact) mass is 248 g/mol. The molecule has 0 atom stereocenters. The second kappa shape index (κ2) is 4.24. The van der Waals surface area contributed by atoms with Crippen LogP contribution in [0.2, 0.25) is 0 Å². The van der Waals surface area contributed by atoms with E-state index in [1.54, 1.807) is 19.2 Å². The number of hydrogen-bond donors (Lipinski definition) is 0. The SMILES string of the molecule is Cc1ccn(-c2ccc([N+](=O)[O-])cc2[N+](=O)[O-])n1. The molecule has 0 saturated carbocycles. The molecule has 0 fully saturated rings. The second-order valence-corrected chi connectivity index (χ2v) is 3.59. The van der Waals surface area contributed by atoms with Crippen molar-refractivity contribution in [2.24, 2.45) is 0 Å². The number of nitrogens with zero attached hydrogens (tertiary/aromatic N) is 4. The molecule has 1 aromatic heterocycles. The van der Waals surface area contributed by atoms with Crippen LogP contribution >= 0.6 is 0 Å². The van der Waals surface area contributed by atoms with Gasteiger partial charge in [0.1, 0.15) is 5.69 Å². The van der Waals surface area contributed by atoms with E-state index in [-0.39, 0.29) is 17.1 Å². The van der Waals surface area contributed by atoms with Gasteiger partial charge >= 0.3 is 5.69 Å². The first-order valence-corrected chi connectivity index (χ1v) is 4.94. The molecule has 0 unspecified atom stereocenters. The van der Waals surface area contributed by atoms with Gasteiger partial charge in [-0.2, -0.15) is 5.10 Å². The lowest BCUT2D eigenvalue weighted by atomic mass is 10.2. The molecule has 18 heavy (non-hydrogen) atoms. The van der Waals surface area contributed by atoms with Crippen LogP contribution in [-0.4, -0.2) is 19.6 Å². The number of aryl methyl sites for hydroxylation is 1. The summed E-state index contributed by atoms with van der Waals surface area (Å²) in [6.45, 7) is 1.74. The predicted molar refractivity (Wildman–Crippen MR) is 61.6 cm³/mol. The summed E-state index contributed by atoms with van der Waals surface area (Å²) in [6, 6.07) is 5.12. The van der Waals surface area contributed by atoms with Crippen LogP contribution in [0.15, 0.2) is 30.5 Å². The van der Waals surface area contributed by atoms with E-state index < -0.39 is 9.85 Å². The third-order valence-corrected chi connectivity index (χ3v) is 2.34. The van der Waals surface area contributed by atoms with E-state index in [4.69, 9.17) is 0 Å². The fraction of sp³-hybridized carbons (Fsp3) is 0.100. The fourth-order valence-electron chi connectivity index (χ4n) is 1.51. The van der Waals surface area contributed by atoms with Gasteiger partial charge in [-0.3, -0.25) is 20.2 Å². The zero-order valence-corrected chi connectivity index (χ0v) is 9.31. The number of aromatic nitrogens is 2. The number of hydrogen-bond acceptors (Lipinski definition) is 5. The van der Waals surface area contributed by atoms with Crippen molar-refractivity contribution in [3.05, 3.63) is 56.4 Å². The van der Waals surface area contributed by atoms with Gasteiger partial charge in [-0.05, 0) is 19.1 Å². The number of nitro benzene ring substituents is 2. The maximum Gasteiger partial charge on any atom is 0.301 e. The average Bonchev–Trinajstić information content (AvgIpc) is 2.74. The summed E-state index contributed by atoms with van der Waals surface area (Å²) in [5.41, 5.74) is 0.211. The van der Waals surface area contributed by atoms with Crippen molar-refractivity contribution in [3.8, 4) is 5.69 Å². The molecular weight excluding hydrogens is 240 g/mol. The zero-order chi connectivity index (χ0) is 13.3. The Kier molecular flexibility index (Phi) is 2.76. The number of non-ortho nitro benzene ring substituents is 1. The normalized spacial score (nSPS) is 10.3. The van der Waals surface area contributed by atoms with E-state index in [1.165, 1.54) is 16.8 Å². The van der Waals surface area contributed by atoms with Crippen LogP contribution < -0.4 is 0 Å². The Bertz CT molecular complexity index is 635. The molecule has 0 spiro atoms. The average molecular weight is 248 g/mol. The van der Waals surface area contributed by atoms with E-state index in [2.05, 4.69) is 5.10 Å². The van der Waals surface area contributed by atoms with Gasteiger partial charge in [0.15, 0.2) is 0 Å². The highest BCUT2D eigenvalue weighted by atomic mass is 16.6. The van der Waals surface area contributed by atoms with Crippen LogP contribution in [-0.2, 0) is 0 Å². The highest BCUT2D eigenvalue weighted by molar-refractivity contribution is 5.57. The van der Waals surface area contributed by atoms with Gasteiger partial charge in [0.25, 0.3) is 5.69 Å².